The summed E-state index contributed by atoms with van der Waals surface area (Å²) in [5, 5.41) is 10.3. The molecule has 0 spiro atoms. The molecule has 8 nitrogen and oxygen atoms in total. The quantitative estimate of drug-likeness (QED) is 0.684. The van der Waals surface area contributed by atoms with Crippen LogP contribution in [-0.4, -0.2) is 82.0 Å². The first-order valence-electron chi connectivity index (χ1n) is 11.7. The zero-order chi connectivity index (χ0) is 24.7. The van der Waals surface area contributed by atoms with Crippen molar-refractivity contribution in [2.24, 2.45) is 11.8 Å². The van der Waals surface area contributed by atoms with Crippen molar-refractivity contribution in [1.82, 2.24) is 19.4 Å². The highest BCUT2D eigenvalue weighted by Gasteiger charge is 2.56. The molecule has 35 heavy (non-hydrogen) atoms. The Hall–Kier alpha value is -2.76. The Morgan fingerprint density at radius 2 is 1.86 bits per heavy atom. The first kappa shape index (κ1) is 24.0. The fourth-order valence-electron chi connectivity index (χ4n) is 5.82. The number of alkyl halides is 3. The lowest BCUT2D eigenvalue weighted by molar-refractivity contribution is -0.149. The number of rotatable bonds is 5. The van der Waals surface area contributed by atoms with Crippen molar-refractivity contribution in [3.05, 3.63) is 52.7 Å². The molecule has 1 N–H and O–H groups in total. The van der Waals surface area contributed by atoms with E-state index < -0.39 is 30.6 Å². The van der Waals surface area contributed by atoms with Gasteiger partial charge in [0, 0.05) is 68.3 Å². The van der Waals surface area contributed by atoms with E-state index in [1.165, 1.54) is 0 Å². The van der Waals surface area contributed by atoms with Crippen LogP contribution in [0.15, 0.2) is 41.5 Å². The number of aliphatic hydroxyl groups excluding tert-OH is 1. The number of nitrogens with zero attached hydrogens (tertiary/aromatic N) is 4. The third-order valence-corrected chi connectivity index (χ3v) is 7.41. The highest BCUT2D eigenvalue weighted by atomic mass is 19.4. The van der Waals surface area contributed by atoms with Crippen LogP contribution < -0.4 is 5.56 Å². The van der Waals surface area contributed by atoms with Gasteiger partial charge in [-0.15, -0.1) is 0 Å². The minimum Gasteiger partial charge on any atom is -0.396 e. The molecule has 0 saturated carbocycles. The van der Waals surface area contributed by atoms with Gasteiger partial charge in [0.15, 0.2) is 0 Å². The van der Waals surface area contributed by atoms with Crippen LogP contribution >= 0.6 is 0 Å². The predicted octanol–water partition coefficient (Wildman–Crippen LogP) is 1.69. The van der Waals surface area contributed by atoms with E-state index in [0.29, 0.717) is 43.1 Å². The number of carbonyl (C=O) groups excluding carboxylic acids is 1. The predicted molar refractivity (Wildman–Crippen MR) is 119 cm³/mol. The van der Waals surface area contributed by atoms with Gasteiger partial charge in [-0.3, -0.25) is 19.5 Å². The highest BCUT2D eigenvalue weighted by molar-refractivity contribution is 5.83. The van der Waals surface area contributed by atoms with Gasteiger partial charge in [0.05, 0.1) is 31.7 Å². The van der Waals surface area contributed by atoms with E-state index >= 15 is 0 Å². The van der Waals surface area contributed by atoms with Crippen LogP contribution in [0.2, 0.25) is 0 Å². The third-order valence-electron chi connectivity index (χ3n) is 7.41. The molecular weight excluding hydrogens is 465 g/mol. The number of carbonyl (C=O) groups is 1. The number of aliphatic hydroxyl groups is 1. The number of likely N-dealkylation sites (tertiary alicyclic amines) is 1. The fourth-order valence-corrected chi connectivity index (χ4v) is 5.82. The van der Waals surface area contributed by atoms with Crippen LogP contribution in [0.4, 0.5) is 13.2 Å². The Morgan fingerprint density at radius 1 is 1.14 bits per heavy atom. The summed E-state index contributed by atoms with van der Waals surface area (Å²) in [5.74, 6) is -1.23. The van der Waals surface area contributed by atoms with Gasteiger partial charge in [0.25, 0.3) is 5.56 Å². The normalized spacial score (nSPS) is 26.6. The Labute approximate surface area is 199 Å². The molecule has 5 heterocycles. The smallest absolute Gasteiger partial charge is 0.390 e. The molecule has 0 aromatic carbocycles. The summed E-state index contributed by atoms with van der Waals surface area (Å²) >= 11 is 0. The van der Waals surface area contributed by atoms with Crippen LogP contribution in [0, 0.1) is 11.8 Å². The van der Waals surface area contributed by atoms with Crippen LogP contribution in [-0.2, 0) is 16.1 Å². The molecule has 11 heteroatoms. The van der Waals surface area contributed by atoms with Gasteiger partial charge < -0.3 is 19.3 Å². The Morgan fingerprint density at radius 3 is 2.51 bits per heavy atom. The number of hydrogen-bond acceptors (Lipinski definition) is 6. The Balaban J connectivity index is 1.54. The number of aromatic nitrogens is 2. The standard InChI is InChI=1S/C24H27F3N4O4/c25-24(26,27)5-8-30-20-17(18(14-32)21(30)23(34)29-9-11-35-12-10-29)13-31-19(20)2-1-16(22(31)33)15-3-6-28-7-4-15/h1-4,6-7,17-18,20-21,32H,5,8-14H2/t17-,18-,20+,21-/m1/s1. The summed E-state index contributed by atoms with van der Waals surface area (Å²) in [6.45, 7) is 0.953. The van der Waals surface area contributed by atoms with E-state index in [2.05, 4.69) is 4.98 Å². The lowest BCUT2D eigenvalue weighted by Gasteiger charge is -2.36. The van der Waals surface area contributed by atoms with Crippen LogP contribution in [0.25, 0.3) is 11.1 Å². The van der Waals surface area contributed by atoms with Gasteiger partial charge in [0.1, 0.15) is 0 Å². The largest absolute Gasteiger partial charge is 0.396 e. The second kappa shape index (κ2) is 9.36. The van der Waals surface area contributed by atoms with Gasteiger partial charge in [-0.1, -0.05) is 0 Å². The zero-order valence-electron chi connectivity index (χ0n) is 19.0. The van der Waals surface area contributed by atoms with Gasteiger partial charge in [-0.05, 0) is 29.8 Å². The maximum absolute atomic E-state index is 13.5. The SMILES string of the molecule is O=C([C@H]1[C@H](CO)[C@H]2Cn3c(ccc(-c4ccncc4)c3=O)[C@H]2N1CCC(F)(F)F)N1CCOCC1. The number of hydrogen-bond donors (Lipinski definition) is 1. The fraction of sp³-hybridized carbons (Fsp3) is 0.542. The molecule has 2 saturated heterocycles. The molecule has 1 amide bonds. The van der Waals surface area contributed by atoms with Crippen molar-refractivity contribution in [3.63, 3.8) is 0 Å². The lowest BCUT2D eigenvalue weighted by Crippen LogP contribution is -2.53. The summed E-state index contributed by atoms with van der Waals surface area (Å²) in [7, 11) is 0. The summed E-state index contributed by atoms with van der Waals surface area (Å²) in [4.78, 5) is 34.0. The van der Waals surface area contributed by atoms with E-state index in [4.69, 9.17) is 4.74 Å². The van der Waals surface area contributed by atoms with Crippen molar-refractivity contribution in [2.75, 3.05) is 39.5 Å². The summed E-state index contributed by atoms with van der Waals surface area (Å²) in [5.41, 5.74) is 1.51. The monoisotopic (exact) mass is 492 g/mol. The minimum absolute atomic E-state index is 0.235. The van der Waals surface area contributed by atoms with Crippen molar-refractivity contribution in [2.45, 2.75) is 31.2 Å². The molecule has 2 fully saturated rings. The molecule has 5 rings (SSSR count). The Bertz CT molecular complexity index is 1130. The third kappa shape index (κ3) is 4.36. The summed E-state index contributed by atoms with van der Waals surface area (Å²) in [6, 6.07) is 5.44. The van der Waals surface area contributed by atoms with Crippen LogP contribution in [0.5, 0.6) is 0 Å². The van der Waals surface area contributed by atoms with Crippen molar-refractivity contribution >= 4 is 5.91 Å². The molecule has 4 atom stereocenters. The molecule has 0 aliphatic carbocycles. The van der Waals surface area contributed by atoms with Crippen LogP contribution in [0.3, 0.4) is 0 Å². The average Bonchev–Trinajstić information content (AvgIpc) is 3.38. The van der Waals surface area contributed by atoms with Crippen LogP contribution in [0.1, 0.15) is 18.2 Å². The zero-order valence-corrected chi connectivity index (χ0v) is 19.0. The number of pyridine rings is 2. The highest BCUT2D eigenvalue weighted by Crippen LogP contribution is 2.50. The van der Waals surface area contributed by atoms with E-state index in [9.17, 15) is 27.9 Å². The number of fused-ring (bicyclic) bond motifs is 3. The molecule has 0 radical (unpaired) electrons. The van der Waals surface area contributed by atoms with Gasteiger partial charge in [0.2, 0.25) is 5.91 Å². The van der Waals surface area contributed by atoms with E-state index in [1.807, 2.05) is 0 Å². The minimum atomic E-state index is -4.40. The van der Waals surface area contributed by atoms with Gasteiger partial charge in [-0.2, -0.15) is 13.2 Å². The molecule has 2 aromatic heterocycles. The van der Waals surface area contributed by atoms with Crippen molar-refractivity contribution in [1.29, 1.82) is 0 Å². The number of morpholine rings is 1. The lowest BCUT2D eigenvalue weighted by atomic mass is 9.88. The van der Waals surface area contributed by atoms with Crippen molar-refractivity contribution in [3.8, 4) is 11.1 Å². The second-order valence-electron chi connectivity index (χ2n) is 9.26. The van der Waals surface area contributed by atoms with Gasteiger partial charge in [-0.25, -0.2) is 0 Å². The molecular formula is C24H27F3N4O4. The van der Waals surface area contributed by atoms with Crippen molar-refractivity contribution < 1.29 is 27.8 Å². The summed E-state index contributed by atoms with van der Waals surface area (Å²) < 4.78 is 46.7. The molecule has 188 valence electrons. The van der Waals surface area contributed by atoms with E-state index in [0.717, 1.165) is 0 Å². The van der Waals surface area contributed by atoms with E-state index in [1.54, 1.807) is 51.0 Å². The maximum Gasteiger partial charge on any atom is 0.390 e. The van der Waals surface area contributed by atoms with Gasteiger partial charge >= 0.3 is 6.18 Å². The second-order valence-corrected chi connectivity index (χ2v) is 9.26. The average molecular weight is 492 g/mol. The van der Waals surface area contributed by atoms with E-state index in [-0.39, 0.29) is 37.1 Å². The summed E-state index contributed by atoms with van der Waals surface area (Å²) in [6.07, 6.45) is -2.31. The molecule has 0 unspecified atom stereocenters. The number of amides is 1. The molecule has 3 aliphatic rings. The molecule has 2 aromatic rings. The molecule has 3 aliphatic heterocycles. The Kier molecular flexibility index (Phi) is 6.41. The molecule has 0 bridgehead atoms. The number of ether oxygens (including phenoxy) is 1. The first-order valence-corrected chi connectivity index (χ1v) is 11.7. The topological polar surface area (TPSA) is 87.9 Å². The number of halogens is 3. The first-order chi connectivity index (χ1) is 16.8. The maximum atomic E-state index is 13.5.